The fraction of sp³-hybridized carbons (Fsp3) is 0. The molecule has 0 radical (unpaired) electrons. The SMILES string of the molecule is C#Cc1cccc(Nc2ccc(C#N)c(F)c2)c1. The Labute approximate surface area is 105 Å². The molecule has 0 heterocycles. The van der Waals surface area contributed by atoms with Gasteiger partial charge in [-0.3, -0.25) is 0 Å². The molecule has 2 aromatic rings. The van der Waals surface area contributed by atoms with E-state index in [1.165, 1.54) is 12.1 Å². The van der Waals surface area contributed by atoms with E-state index in [2.05, 4.69) is 11.2 Å². The van der Waals surface area contributed by atoms with Crippen molar-refractivity contribution < 1.29 is 4.39 Å². The van der Waals surface area contributed by atoms with E-state index < -0.39 is 5.82 Å². The Morgan fingerprint density at radius 2 is 1.89 bits per heavy atom. The van der Waals surface area contributed by atoms with Crippen LogP contribution < -0.4 is 5.32 Å². The predicted octanol–water partition coefficient (Wildman–Crippen LogP) is 3.42. The molecule has 0 amide bonds. The number of halogens is 1. The third-order valence-electron chi connectivity index (χ3n) is 2.41. The summed E-state index contributed by atoms with van der Waals surface area (Å²) in [5.41, 5.74) is 2.11. The van der Waals surface area contributed by atoms with Crippen molar-refractivity contribution in [3.63, 3.8) is 0 Å². The van der Waals surface area contributed by atoms with Crippen LogP contribution in [-0.2, 0) is 0 Å². The summed E-state index contributed by atoms with van der Waals surface area (Å²) >= 11 is 0. The monoisotopic (exact) mass is 236 g/mol. The molecule has 2 aromatic carbocycles. The molecule has 86 valence electrons. The molecule has 2 nitrogen and oxygen atoms in total. The lowest BCUT2D eigenvalue weighted by Gasteiger charge is -2.07. The van der Waals surface area contributed by atoms with Crippen LogP contribution in [0.25, 0.3) is 0 Å². The van der Waals surface area contributed by atoms with Crippen molar-refractivity contribution in [2.45, 2.75) is 0 Å². The van der Waals surface area contributed by atoms with Gasteiger partial charge in [-0.2, -0.15) is 5.26 Å². The summed E-state index contributed by atoms with van der Waals surface area (Å²) in [6, 6.07) is 13.4. The highest BCUT2D eigenvalue weighted by molar-refractivity contribution is 5.62. The molecule has 0 aliphatic carbocycles. The Morgan fingerprint density at radius 3 is 2.56 bits per heavy atom. The van der Waals surface area contributed by atoms with Gasteiger partial charge in [0.2, 0.25) is 0 Å². The number of nitriles is 1. The van der Waals surface area contributed by atoms with Gasteiger partial charge in [0.25, 0.3) is 0 Å². The summed E-state index contributed by atoms with van der Waals surface area (Å²) in [4.78, 5) is 0. The second kappa shape index (κ2) is 5.03. The number of benzene rings is 2. The van der Waals surface area contributed by atoms with Gasteiger partial charge in [-0.15, -0.1) is 6.42 Å². The van der Waals surface area contributed by atoms with E-state index in [-0.39, 0.29) is 5.56 Å². The van der Waals surface area contributed by atoms with Gasteiger partial charge in [-0.25, -0.2) is 4.39 Å². The first-order chi connectivity index (χ1) is 8.72. The normalized spacial score (nSPS) is 9.28. The first-order valence-corrected chi connectivity index (χ1v) is 5.26. The number of hydrogen-bond donors (Lipinski definition) is 1. The van der Waals surface area contributed by atoms with Crippen LogP contribution in [0.1, 0.15) is 11.1 Å². The lowest BCUT2D eigenvalue weighted by Crippen LogP contribution is -1.93. The summed E-state index contributed by atoms with van der Waals surface area (Å²) < 4.78 is 13.4. The number of hydrogen-bond acceptors (Lipinski definition) is 2. The number of nitrogens with one attached hydrogen (secondary N) is 1. The molecule has 0 saturated heterocycles. The van der Waals surface area contributed by atoms with Crippen LogP contribution in [0.15, 0.2) is 42.5 Å². The summed E-state index contributed by atoms with van der Waals surface area (Å²) in [6.07, 6.45) is 5.30. The van der Waals surface area contributed by atoms with Gasteiger partial charge in [0.05, 0.1) is 5.56 Å². The van der Waals surface area contributed by atoms with Gasteiger partial charge in [-0.1, -0.05) is 12.0 Å². The minimum atomic E-state index is -0.546. The van der Waals surface area contributed by atoms with Gasteiger partial charge in [0.1, 0.15) is 11.9 Å². The van der Waals surface area contributed by atoms with Gasteiger partial charge < -0.3 is 5.32 Å². The van der Waals surface area contributed by atoms with Crippen molar-refractivity contribution >= 4 is 11.4 Å². The average Bonchev–Trinajstić information content (AvgIpc) is 2.39. The molecule has 0 bridgehead atoms. The number of rotatable bonds is 2. The molecule has 3 heteroatoms. The fourth-order valence-electron chi connectivity index (χ4n) is 1.54. The molecular formula is C15H9FN2. The Bertz CT molecular complexity index is 663. The first-order valence-electron chi connectivity index (χ1n) is 5.26. The third kappa shape index (κ3) is 2.48. The molecular weight excluding hydrogens is 227 g/mol. The van der Waals surface area contributed by atoms with Crippen LogP contribution in [-0.4, -0.2) is 0 Å². The number of nitrogens with zero attached hydrogens (tertiary/aromatic N) is 1. The van der Waals surface area contributed by atoms with E-state index >= 15 is 0 Å². The molecule has 0 aliphatic heterocycles. The van der Waals surface area contributed by atoms with E-state index in [1.54, 1.807) is 18.2 Å². The van der Waals surface area contributed by atoms with E-state index in [4.69, 9.17) is 11.7 Å². The minimum absolute atomic E-state index is 0.0259. The van der Waals surface area contributed by atoms with Crippen LogP contribution in [0.3, 0.4) is 0 Å². The van der Waals surface area contributed by atoms with Gasteiger partial charge in [0.15, 0.2) is 0 Å². The Balaban J connectivity index is 2.27. The second-order valence-corrected chi connectivity index (χ2v) is 3.66. The first kappa shape index (κ1) is 11.7. The molecule has 0 fully saturated rings. The van der Waals surface area contributed by atoms with Crippen LogP contribution in [0.5, 0.6) is 0 Å². The van der Waals surface area contributed by atoms with Gasteiger partial charge in [-0.05, 0) is 36.4 Å². The highest BCUT2D eigenvalue weighted by Gasteiger charge is 2.03. The van der Waals surface area contributed by atoms with Crippen LogP contribution in [0.4, 0.5) is 15.8 Å². The van der Waals surface area contributed by atoms with Crippen LogP contribution in [0.2, 0.25) is 0 Å². The highest BCUT2D eigenvalue weighted by Crippen LogP contribution is 2.19. The zero-order valence-electron chi connectivity index (χ0n) is 9.44. The quantitative estimate of drug-likeness (QED) is 0.811. The van der Waals surface area contributed by atoms with Crippen molar-refractivity contribution in [2.75, 3.05) is 5.32 Å². The number of anilines is 2. The summed E-state index contributed by atoms with van der Waals surface area (Å²) in [5.74, 6) is 1.98. The number of terminal acetylenes is 1. The molecule has 0 spiro atoms. The van der Waals surface area contributed by atoms with E-state index in [9.17, 15) is 4.39 Å². The van der Waals surface area contributed by atoms with Crippen LogP contribution >= 0.6 is 0 Å². The molecule has 0 aromatic heterocycles. The standard InChI is InChI=1S/C15H9FN2/c1-2-11-4-3-5-13(8-11)18-14-7-6-12(10-17)15(16)9-14/h1,3-9,18H. The lowest BCUT2D eigenvalue weighted by molar-refractivity contribution is 0.624. The van der Waals surface area contributed by atoms with Crippen molar-refractivity contribution in [1.82, 2.24) is 0 Å². The zero-order valence-corrected chi connectivity index (χ0v) is 9.44. The molecule has 0 saturated carbocycles. The Morgan fingerprint density at radius 1 is 1.11 bits per heavy atom. The summed E-state index contributed by atoms with van der Waals surface area (Å²) in [6.45, 7) is 0. The molecule has 0 aliphatic rings. The Hall–Kier alpha value is -2.78. The van der Waals surface area contributed by atoms with Crippen molar-refractivity contribution in [3.8, 4) is 18.4 Å². The zero-order chi connectivity index (χ0) is 13.0. The average molecular weight is 236 g/mol. The predicted molar refractivity (Wildman–Crippen MR) is 68.8 cm³/mol. The maximum absolute atomic E-state index is 13.4. The maximum atomic E-state index is 13.4. The topological polar surface area (TPSA) is 35.8 Å². The van der Waals surface area contributed by atoms with Crippen molar-refractivity contribution in [1.29, 1.82) is 5.26 Å². The third-order valence-corrected chi connectivity index (χ3v) is 2.41. The van der Waals surface area contributed by atoms with Crippen molar-refractivity contribution in [2.24, 2.45) is 0 Å². The highest BCUT2D eigenvalue weighted by atomic mass is 19.1. The second-order valence-electron chi connectivity index (χ2n) is 3.66. The summed E-state index contributed by atoms with van der Waals surface area (Å²) in [7, 11) is 0. The Kier molecular flexibility index (Phi) is 3.27. The molecule has 18 heavy (non-hydrogen) atoms. The van der Waals surface area contributed by atoms with E-state index in [0.717, 1.165) is 11.3 Å². The molecule has 0 atom stereocenters. The van der Waals surface area contributed by atoms with E-state index in [0.29, 0.717) is 5.69 Å². The van der Waals surface area contributed by atoms with Crippen LogP contribution in [0, 0.1) is 29.5 Å². The minimum Gasteiger partial charge on any atom is -0.355 e. The summed E-state index contributed by atoms with van der Waals surface area (Å²) in [5, 5.41) is 11.7. The largest absolute Gasteiger partial charge is 0.355 e. The van der Waals surface area contributed by atoms with Crippen molar-refractivity contribution in [3.05, 3.63) is 59.4 Å². The molecule has 1 N–H and O–H groups in total. The van der Waals surface area contributed by atoms with Gasteiger partial charge >= 0.3 is 0 Å². The van der Waals surface area contributed by atoms with Gasteiger partial charge in [0, 0.05) is 16.9 Å². The lowest BCUT2D eigenvalue weighted by atomic mass is 10.2. The fourth-order valence-corrected chi connectivity index (χ4v) is 1.54. The smallest absolute Gasteiger partial charge is 0.143 e. The molecule has 2 rings (SSSR count). The molecule has 0 unspecified atom stereocenters. The van der Waals surface area contributed by atoms with E-state index in [1.807, 2.05) is 18.2 Å². The maximum Gasteiger partial charge on any atom is 0.143 e.